The highest BCUT2D eigenvalue weighted by Crippen LogP contribution is 2.18. The quantitative estimate of drug-likeness (QED) is 0.905. The van der Waals surface area contributed by atoms with Crippen molar-refractivity contribution < 1.29 is 4.79 Å². The van der Waals surface area contributed by atoms with Gasteiger partial charge in [-0.3, -0.25) is 9.78 Å². The first kappa shape index (κ1) is 10.8. The zero-order valence-corrected chi connectivity index (χ0v) is 10.1. The Morgan fingerprint density at radius 1 is 1.50 bits per heavy atom. The second kappa shape index (κ2) is 4.44. The molecule has 1 N–H and O–H groups in total. The van der Waals surface area contributed by atoms with E-state index >= 15 is 0 Å². The fourth-order valence-corrected chi connectivity index (χ4v) is 1.69. The van der Waals surface area contributed by atoms with E-state index < -0.39 is 0 Å². The van der Waals surface area contributed by atoms with Crippen LogP contribution in [0.1, 0.15) is 10.5 Å². The first-order valence-corrected chi connectivity index (χ1v) is 5.39. The number of carbonyl (C=O) groups excluding carboxylic acids is 1. The summed E-state index contributed by atoms with van der Waals surface area (Å²) in [6.07, 6.45) is 5.07. The molecule has 2 heterocycles. The van der Waals surface area contributed by atoms with E-state index in [9.17, 15) is 4.79 Å². The molecule has 1 amide bonds. The average Bonchev–Trinajstić information content (AvgIpc) is 2.78. The molecule has 0 aliphatic rings. The van der Waals surface area contributed by atoms with Crippen LogP contribution < -0.4 is 5.32 Å². The molecule has 16 heavy (non-hydrogen) atoms. The smallest absolute Gasteiger partial charge is 0.271 e. The first-order chi connectivity index (χ1) is 7.72. The summed E-state index contributed by atoms with van der Waals surface area (Å²) in [7, 11) is 1.57. The van der Waals surface area contributed by atoms with E-state index in [4.69, 9.17) is 0 Å². The van der Waals surface area contributed by atoms with Gasteiger partial charge < -0.3 is 5.32 Å². The molecule has 0 saturated carbocycles. The van der Waals surface area contributed by atoms with Crippen molar-refractivity contribution in [3.05, 3.63) is 40.9 Å². The zero-order chi connectivity index (χ0) is 11.5. The fourth-order valence-electron chi connectivity index (χ4n) is 1.26. The molecule has 0 aromatic carbocycles. The van der Waals surface area contributed by atoms with E-state index in [2.05, 4.69) is 31.3 Å². The highest BCUT2D eigenvalue weighted by Gasteiger charge is 2.09. The van der Waals surface area contributed by atoms with Crippen molar-refractivity contribution in [1.29, 1.82) is 0 Å². The van der Waals surface area contributed by atoms with Crippen molar-refractivity contribution in [3.63, 3.8) is 0 Å². The Bertz CT molecular complexity index is 523. The predicted molar refractivity (Wildman–Crippen MR) is 62.4 cm³/mol. The lowest BCUT2D eigenvalue weighted by molar-refractivity contribution is 0.0958. The Labute approximate surface area is 101 Å². The molecule has 2 rings (SSSR count). The van der Waals surface area contributed by atoms with Crippen molar-refractivity contribution in [2.24, 2.45) is 0 Å². The van der Waals surface area contributed by atoms with Gasteiger partial charge in [0, 0.05) is 25.6 Å². The molecule has 0 aliphatic carbocycles. The molecule has 2 aromatic rings. The van der Waals surface area contributed by atoms with Crippen LogP contribution in [0.15, 0.2) is 35.2 Å². The van der Waals surface area contributed by atoms with Gasteiger partial charge in [0.2, 0.25) is 0 Å². The van der Waals surface area contributed by atoms with Gasteiger partial charge in [-0.15, -0.1) is 0 Å². The molecule has 0 radical (unpaired) electrons. The van der Waals surface area contributed by atoms with Gasteiger partial charge in [-0.05, 0) is 28.1 Å². The highest BCUT2D eigenvalue weighted by atomic mass is 79.9. The monoisotopic (exact) mass is 280 g/mol. The van der Waals surface area contributed by atoms with Crippen molar-refractivity contribution in [1.82, 2.24) is 20.1 Å². The molecule has 6 heteroatoms. The lowest BCUT2D eigenvalue weighted by Crippen LogP contribution is -2.18. The molecule has 0 bridgehead atoms. The van der Waals surface area contributed by atoms with Gasteiger partial charge in [0.1, 0.15) is 0 Å². The maximum Gasteiger partial charge on any atom is 0.271 e. The summed E-state index contributed by atoms with van der Waals surface area (Å²) in [5.74, 6) is -0.205. The van der Waals surface area contributed by atoms with Gasteiger partial charge in [-0.1, -0.05) is 0 Å². The first-order valence-electron chi connectivity index (χ1n) is 4.60. The third-order valence-electron chi connectivity index (χ3n) is 2.05. The minimum absolute atomic E-state index is 0.205. The number of amides is 1. The number of hydrogen-bond donors (Lipinski definition) is 1. The minimum Gasteiger partial charge on any atom is -0.354 e. The number of hydrogen-bond acceptors (Lipinski definition) is 3. The minimum atomic E-state index is -0.205. The second-order valence-corrected chi connectivity index (χ2v) is 3.91. The van der Waals surface area contributed by atoms with Crippen LogP contribution in [-0.2, 0) is 0 Å². The number of nitrogens with one attached hydrogen (secondary N) is 1. The Balaban J connectivity index is 2.39. The van der Waals surface area contributed by atoms with E-state index in [1.807, 2.05) is 6.07 Å². The summed E-state index contributed by atoms with van der Waals surface area (Å²) >= 11 is 3.37. The predicted octanol–water partition coefficient (Wildman–Crippen LogP) is 1.39. The van der Waals surface area contributed by atoms with Crippen molar-refractivity contribution in [2.45, 2.75) is 0 Å². The van der Waals surface area contributed by atoms with Gasteiger partial charge in [0.25, 0.3) is 5.91 Å². The fraction of sp³-hybridized carbons (Fsp3) is 0.100. The molecular formula is C10H9BrN4O. The topological polar surface area (TPSA) is 59.8 Å². The standard InChI is InChI=1S/C10H9BrN4O/c1-12-10(16)8-3-5-15(14-8)9-2-4-13-6-7(9)11/h2-6H,1H3,(H,12,16). The molecule has 0 atom stereocenters. The Morgan fingerprint density at radius 3 is 3.00 bits per heavy atom. The van der Waals surface area contributed by atoms with E-state index in [0.29, 0.717) is 5.69 Å². The lowest BCUT2D eigenvalue weighted by atomic mass is 10.4. The summed E-state index contributed by atoms with van der Waals surface area (Å²) in [5.41, 5.74) is 1.22. The molecule has 82 valence electrons. The third-order valence-corrected chi connectivity index (χ3v) is 2.66. The average molecular weight is 281 g/mol. The van der Waals surface area contributed by atoms with Crippen LogP contribution in [0.2, 0.25) is 0 Å². The van der Waals surface area contributed by atoms with E-state index in [0.717, 1.165) is 10.2 Å². The largest absolute Gasteiger partial charge is 0.354 e. The SMILES string of the molecule is CNC(=O)c1ccn(-c2ccncc2Br)n1. The molecule has 0 aliphatic heterocycles. The Morgan fingerprint density at radius 2 is 2.31 bits per heavy atom. The molecule has 0 unspecified atom stereocenters. The van der Waals surface area contributed by atoms with Gasteiger partial charge in [0.15, 0.2) is 5.69 Å². The molecule has 0 fully saturated rings. The molecule has 5 nitrogen and oxygen atoms in total. The van der Waals surface area contributed by atoms with Crippen LogP contribution >= 0.6 is 15.9 Å². The second-order valence-electron chi connectivity index (χ2n) is 3.05. The van der Waals surface area contributed by atoms with Crippen molar-refractivity contribution in [3.8, 4) is 5.69 Å². The van der Waals surface area contributed by atoms with E-state index in [1.54, 1.807) is 36.4 Å². The van der Waals surface area contributed by atoms with Crippen LogP contribution in [0, 0.1) is 0 Å². The number of rotatable bonds is 2. The van der Waals surface area contributed by atoms with Crippen LogP contribution in [0.4, 0.5) is 0 Å². The Hall–Kier alpha value is -1.69. The number of aromatic nitrogens is 3. The van der Waals surface area contributed by atoms with Gasteiger partial charge in [0.05, 0.1) is 10.2 Å². The van der Waals surface area contributed by atoms with Gasteiger partial charge in [-0.2, -0.15) is 5.10 Å². The molecule has 2 aromatic heterocycles. The van der Waals surface area contributed by atoms with Crippen LogP contribution in [0.25, 0.3) is 5.69 Å². The van der Waals surface area contributed by atoms with Gasteiger partial charge >= 0.3 is 0 Å². The molecule has 0 saturated heterocycles. The number of pyridine rings is 1. The zero-order valence-electron chi connectivity index (χ0n) is 8.51. The number of nitrogens with zero attached hydrogens (tertiary/aromatic N) is 3. The normalized spacial score (nSPS) is 10.1. The van der Waals surface area contributed by atoms with Crippen molar-refractivity contribution in [2.75, 3.05) is 7.05 Å². The summed E-state index contributed by atoms with van der Waals surface area (Å²) in [6, 6.07) is 3.47. The highest BCUT2D eigenvalue weighted by molar-refractivity contribution is 9.10. The van der Waals surface area contributed by atoms with Crippen molar-refractivity contribution >= 4 is 21.8 Å². The Kier molecular flexibility index (Phi) is 3.00. The van der Waals surface area contributed by atoms with Gasteiger partial charge in [-0.25, -0.2) is 4.68 Å². The van der Waals surface area contributed by atoms with Crippen LogP contribution in [0.3, 0.4) is 0 Å². The maximum absolute atomic E-state index is 11.3. The number of carbonyl (C=O) groups is 1. The summed E-state index contributed by atoms with van der Waals surface area (Å²) < 4.78 is 2.44. The van der Waals surface area contributed by atoms with Crippen LogP contribution in [0.5, 0.6) is 0 Å². The third kappa shape index (κ3) is 1.96. The summed E-state index contributed by atoms with van der Waals surface area (Å²) in [5, 5.41) is 6.68. The molecule has 0 spiro atoms. The van der Waals surface area contributed by atoms with E-state index in [-0.39, 0.29) is 5.91 Å². The van der Waals surface area contributed by atoms with E-state index in [1.165, 1.54) is 0 Å². The maximum atomic E-state index is 11.3. The summed E-state index contributed by atoms with van der Waals surface area (Å²) in [6.45, 7) is 0. The lowest BCUT2D eigenvalue weighted by Gasteiger charge is -2.02. The van der Waals surface area contributed by atoms with Crippen LogP contribution in [-0.4, -0.2) is 27.7 Å². The molecular weight excluding hydrogens is 272 g/mol. The summed E-state index contributed by atoms with van der Waals surface area (Å²) in [4.78, 5) is 15.3. The number of halogens is 1.